The van der Waals surface area contributed by atoms with Crippen molar-refractivity contribution < 1.29 is 14.3 Å². The van der Waals surface area contributed by atoms with Crippen molar-refractivity contribution in [1.82, 2.24) is 0 Å². The van der Waals surface area contributed by atoms with Gasteiger partial charge in [0.05, 0.1) is 4.47 Å². The van der Waals surface area contributed by atoms with Gasteiger partial charge in [-0.3, -0.25) is 0 Å². The third-order valence-corrected chi connectivity index (χ3v) is 3.24. The van der Waals surface area contributed by atoms with Gasteiger partial charge in [-0.2, -0.15) is 0 Å². The van der Waals surface area contributed by atoms with Gasteiger partial charge in [0.15, 0.2) is 0 Å². The second-order valence-electron chi connectivity index (χ2n) is 3.67. The highest BCUT2D eigenvalue weighted by molar-refractivity contribution is 9.10. The summed E-state index contributed by atoms with van der Waals surface area (Å²) in [7, 11) is 0. The monoisotopic (exact) mass is 282 g/mol. The number of hydrogen-bond acceptors (Lipinski definition) is 2. The molecule has 0 aliphatic heterocycles. The summed E-state index contributed by atoms with van der Waals surface area (Å²) in [6.07, 6.45) is 0.904. The van der Waals surface area contributed by atoms with Gasteiger partial charge in [0.25, 0.3) is 0 Å². The number of aromatic carboxylic acids is 1. The standard InChI is InChI=1S/C12H11BrO3/c1-3-7-4-8-6(2)10(12(14)15)16-11(8)9(13)5-7/h4-5H,3H2,1-2H3,(H,14,15). The lowest BCUT2D eigenvalue weighted by molar-refractivity contribution is 0.0664. The molecule has 3 nitrogen and oxygen atoms in total. The zero-order valence-corrected chi connectivity index (χ0v) is 10.6. The van der Waals surface area contributed by atoms with Crippen LogP contribution in [0.1, 0.15) is 28.6 Å². The first-order valence-corrected chi connectivity index (χ1v) is 5.78. The van der Waals surface area contributed by atoms with E-state index in [0.717, 1.165) is 21.8 Å². The highest BCUT2D eigenvalue weighted by atomic mass is 79.9. The molecule has 2 aromatic rings. The van der Waals surface area contributed by atoms with Crippen LogP contribution >= 0.6 is 15.9 Å². The Hall–Kier alpha value is -1.29. The van der Waals surface area contributed by atoms with Crippen LogP contribution in [-0.2, 0) is 6.42 Å². The second-order valence-corrected chi connectivity index (χ2v) is 4.52. The van der Waals surface area contributed by atoms with Crippen LogP contribution in [-0.4, -0.2) is 11.1 Å². The number of fused-ring (bicyclic) bond motifs is 1. The first-order chi connectivity index (χ1) is 7.54. The molecule has 4 heteroatoms. The zero-order valence-electron chi connectivity index (χ0n) is 9.00. The largest absolute Gasteiger partial charge is 0.475 e. The molecule has 1 N–H and O–H groups in total. The topological polar surface area (TPSA) is 50.4 Å². The van der Waals surface area contributed by atoms with E-state index in [1.165, 1.54) is 0 Å². The minimum Gasteiger partial charge on any atom is -0.475 e. The fraction of sp³-hybridized carbons (Fsp3) is 0.250. The average Bonchev–Trinajstić information content (AvgIpc) is 2.57. The van der Waals surface area contributed by atoms with Crippen molar-refractivity contribution in [3.05, 3.63) is 33.5 Å². The maximum atomic E-state index is 10.9. The molecule has 0 radical (unpaired) electrons. The summed E-state index contributed by atoms with van der Waals surface area (Å²) >= 11 is 3.40. The normalized spacial score (nSPS) is 10.9. The van der Waals surface area contributed by atoms with Crippen molar-refractivity contribution in [3.8, 4) is 0 Å². The molecular formula is C12H11BrO3. The molecule has 0 amide bonds. The molecule has 0 saturated carbocycles. The van der Waals surface area contributed by atoms with Gasteiger partial charge >= 0.3 is 5.97 Å². The molecule has 0 spiro atoms. The lowest BCUT2D eigenvalue weighted by Crippen LogP contribution is -1.95. The summed E-state index contributed by atoms with van der Waals surface area (Å²) < 4.78 is 6.15. The lowest BCUT2D eigenvalue weighted by Gasteiger charge is -1.99. The van der Waals surface area contributed by atoms with Crippen LogP contribution in [0.3, 0.4) is 0 Å². The van der Waals surface area contributed by atoms with E-state index in [1.807, 2.05) is 12.1 Å². The summed E-state index contributed by atoms with van der Waals surface area (Å²) in [4.78, 5) is 10.9. The van der Waals surface area contributed by atoms with Crippen LogP contribution in [0.15, 0.2) is 21.0 Å². The molecule has 0 aliphatic rings. The number of carboxylic acid groups (broad SMARTS) is 1. The number of carboxylic acids is 1. The number of carbonyl (C=O) groups is 1. The van der Waals surface area contributed by atoms with Gasteiger partial charge in [0, 0.05) is 10.9 Å². The molecule has 16 heavy (non-hydrogen) atoms. The first kappa shape index (κ1) is 11.2. The van der Waals surface area contributed by atoms with E-state index in [0.29, 0.717) is 11.1 Å². The predicted octanol–water partition coefficient (Wildman–Crippen LogP) is 3.76. The molecule has 0 unspecified atom stereocenters. The van der Waals surface area contributed by atoms with E-state index in [2.05, 4.69) is 22.9 Å². The maximum Gasteiger partial charge on any atom is 0.372 e. The number of rotatable bonds is 2. The van der Waals surface area contributed by atoms with Crippen LogP contribution in [0.2, 0.25) is 0 Å². The first-order valence-electron chi connectivity index (χ1n) is 4.99. The van der Waals surface area contributed by atoms with Crippen LogP contribution in [0.25, 0.3) is 11.0 Å². The van der Waals surface area contributed by atoms with Crippen molar-refractivity contribution in [2.75, 3.05) is 0 Å². The van der Waals surface area contributed by atoms with E-state index in [9.17, 15) is 4.79 Å². The number of aryl methyl sites for hydroxylation is 2. The van der Waals surface area contributed by atoms with Gasteiger partial charge in [-0.25, -0.2) is 4.79 Å². The van der Waals surface area contributed by atoms with Crippen LogP contribution < -0.4 is 0 Å². The van der Waals surface area contributed by atoms with E-state index in [1.54, 1.807) is 6.92 Å². The van der Waals surface area contributed by atoms with E-state index >= 15 is 0 Å². The van der Waals surface area contributed by atoms with Crippen LogP contribution in [0.4, 0.5) is 0 Å². The highest BCUT2D eigenvalue weighted by Gasteiger charge is 2.18. The van der Waals surface area contributed by atoms with Crippen molar-refractivity contribution in [3.63, 3.8) is 0 Å². The summed E-state index contributed by atoms with van der Waals surface area (Å²) in [6, 6.07) is 3.93. The zero-order chi connectivity index (χ0) is 11.9. The smallest absolute Gasteiger partial charge is 0.372 e. The molecule has 0 bridgehead atoms. The molecule has 1 aromatic carbocycles. The quantitative estimate of drug-likeness (QED) is 0.912. The fourth-order valence-electron chi connectivity index (χ4n) is 1.74. The molecule has 0 aliphatic carbocycles. The third-order valence-electron chi connectivity index (χ3n) is 2.65. The third kappa shape index (κ3) is 1.63. The Morgan fingerprint density at radius 1 is 1.50 bits per heavy atom. The predicted molar refractivity (Wildman–Crippen MR) is 65.0 cm³/mol. The molecule has 84 valence electrons. The summed E-state index contributed by atoms with van der Waals surface area (Å²) in [6.45, 7) is 3.82. The Morgan fingerprint density at radius 2 is 2.19 bits per heavy atom. The minimum absolute atomic E-state index is 0.0175. The van der Waals surface area contributed by atoms with Crippen molar-refractivity contribution in [2.45, 2.75) is 20.3 Å². The van der Waals surface area contributed by atoms with E-state index < -0.39 is 5.97 Å². The van der Waals surface area contributed by atoms with Crippen molar-refractivity contribution in [1.29, 1.82) is 0 Å². The molecular weight excluding hydrogens is 272 g/mol. The van der Waals surface area contributed by atoms with E-state index in [-0.39, 0.29) is 5.76 Å². The molecule has 0 saturated heterocycles. The Kier molecular flexibility index (Phi) is 2.76. The molecule has 1 aromatic heterocycles. The summed E-state index contributed by atoms with van der Waals surface area (Å²) in [5.41, 5.74) is 2.44. The van der Waals surface area contributed by atoms with Gasteiger partial charge in [0.2, 0.25) is 5.76 Å². The van der Waals surface area contributed by atoms with Gasteiger partial charge < -0.3 is 9.52 Å². The summed E-state index contributed by atoms with van der Waals surface area (Å²) in [5, 5.41) is 9.84. The van der Waals surface area contributed by atoms with Gasteiger partial charge in [0.1, 0.15) is 5.58 Å². The van der Waals surface area contributed by atoms with Crippen LogP contribution in [0, 0.1) is 6.92 Å². The Morgan fingerprint density at radius 3 is 2.75 bits per heavy atom. The Balaban J connectivity index is 2.81. The molecule has 0 atom stereocenters. The van der Waals surface area contributed by atoms with Gasteiger partial charge in [-0.05, 0) is 47.0 Å². The van der Waals surface area contributed by atoms with Crippen molar-refractivity contribution in [2.24, 2.45) is 0 Å². The molecule has 1 heterocycles. The van der Waals surface area contributed by atoms with Gasteiger partial charge in [-0.15, -0.1) is 0 Å². The number of halogens is 1. The summed E-state index contributed by atoms with van der Waals surface area (Å²) in [5.74, 6) is -1.01. The lowest BCUT2D eigenvalue weighted by atomic mass is 10.1. The number of furan rings is 1. The maximum absolute atomic E-state index is 10.9. The van der Waals surface area contributed by atoms with E-state index in [4.69, 9.17) is 9.52 Å². The van der Waals surface area contributed by atoms with Gasteiger partial charge in [-0.1, -0.05) is 6.92 Å². The fourth-order valence-corrected chi connectivity index (χ4v) is 2.33. The van der Waals surface area contributed by atoms with Crippen molar-refractivity contribution >= 4 is 32.9 Å². The number of hydrogen-bond donors (Lipinski definition) is 1. The second kappa shape index (κ2) is 3.94. The number of benzene rings is 1. The average molecular weight is 283 g/mol. The molecule has 0 fully saturated rings. The minimum atomic E-state index is -1.03. The highest BCUT2D eigenvalue weighted by Crippen LogP contribution is 2.32. The Labute approximate surface area is 101 Å². The van der Waals surface area contributed by atoms with Crippen LogP contribution in [0.5, 0.6) is 0 Å². The SMILES string of the molecule is CCc1cc(Br)c2oc(C(=O)O)c(C)c2c1. The molecule has 2 rings (SSSR count). The Bertz CT molecular complexity index is 569.